The van der Waals surface area contributed by atoms with Crippen LogP contribution in [0.5, 0.6) is 5.75 Å². The number of nitrogens with one attached hydrogen (secondary N) is 1. The second kappa shape index (κ2) is 6.76. The van der Waals surface area contributed by atoms with E-state index in [1.54, 1.807) is 30.6 Å². The number of hydrogen-bond donors (Lipinski definition) is 1. The first-order valence-corrected chi connectivity index (χ1v) is 10.7. The monoisotopic (exact) mass is 388 g/mol. The van der Waals surface area contributed by atoms with Crippen LogP contribution in [-0.2, 0) is 16.4 Å². The first-order valence-electron chi connectivity index (χ1n) is 9.19. The van der Waals surface area contributed by atoms with Gasteiger partial charge in [0.15, 0.2) is 0 Å². The van der Waals surface area contributed by atoms with Gasteiger partial charge in [0.1, 0.15) is 16.2 Å². The Morgan fingerprint density at radius 3 is 2.78 bits per heavy atom. The molecule has 0 spiro atoms. The van der Waals surface area contributed by atoms with E-state index in [9.17, 15) is 8.42 Å². The summed E-state index contributed by atoms with van der Waals surface area (Å²) in [5.41, 5.74) is 0.547. The van der Waals surface area contributed by atoms with E-state index < -0.39 is 10.0 Å². The molecule has 2 aliphatic rings. The minimum atomic E-state index is -3.68. The summed E-state index contributed by atoms with van der Waals surface area (Å²) in [4.78, 5) is 10.8. The van der Waals surface area contributed by atoms with Crippen LogP contribution in [0.15, 0.2) is 41.6 Å². The number of fused-ring (bicyclic) bond motifs is 1. The maximum absolute atomic E-state index is 13.1. The highest BCUT2D eigenvalue weighted by Gasteiger charge is 2.36. The fourth-order valence-electron chi connectivity index (χ4n) is 3.79. The van der Waals surface area contributed by atoms with E-state index in [1.807, 2.05) is 24.8 Å². The lowest BCUT2D eigenvalue weighted by molar-refractivity contribution is 0.135. The molecule has 8 heteroatoms. The predicted octanol–water partition coefficient (Wildman–Crippen LogP) is 2.14. The van der Waals surface area contributed by atoms with E-state index in [0.717, 1.165) is 24.9 Å². The molecular formula is C19H24N4O3S. The molecule has 144 valence electrons. The highest BCUT2D eigenvalue weighted by Crippen LogP contribution is 2.39. The Morgan fingerprint density at radius 1 is 1.22 bits per heavy atom. The third-order valence-electron chi connectivity index (χ3n) is 4.92. The number of benzene rings is 1. The van der Waals surface area contributed by atoms with E-state index in [4.69, 9.17) is 4.74 Å². The molecule has 0 bridgehead atoms. The summed E-state index contributed by atoms with van der Waals surface area (Å²) >= 11 is 0. The van der Waals surface area contributed by atoms with Crippen molar-refractivity contribution in [1.29, 1.82) is 0 Å². The van der Waals surface area contributed by atoms with Crippen molar-refractivity contribution in [2.24, 2.45) is 0 Å². The van der Waals surface area contributed by atoms with Gasteiger partial charge in [0.2, 0.25) is 16.0 Å². The fourth-order valence-corrected chi connectivity index (χ4v) is 5.22. The Hall–Kier alpha value is -2.19. The highest BCUT2D eigenvalue weighted by molar-refractivity contribution is 7.89. The maximum atomic E-state index is 13.1. The molecule has 0 aliphatic carbocycles. The summed E-state index contributed by atoms with van der Waals surface area (Å²) < 4.78 is 35.0. The van der Waals surface area contributed by atoms with Gasteiger partial charge in [-0.25, -0.2) is 23.1 Å². The van der Waals surface area contributed by atoms with Crippen molar-refractivity contribution in [3.63, 3.8) is 0 Å². The van der Waals surface area contributed by atoms with E-state index in [0.29, 0.717) is 24.7 Å². The average molecular weight is 388 g/mol. The van der Waals surface area contributed by atoms with Gasteiger partial charge in [0.25, 0.3) is 0 Å². The number of ether oxygens (including phenoxy) is 1. The Morgan fingerprint density at radius 2 is 2.00 bits per heavy atom. The van der Waals surface area contributed by atoms with Crippen LogP contribution in [-0.4, -0.2) is 43.1 Å². The number of hydrogen-bond acceptors (Lipinski definition) is 6. The molecule has 2 aliphatic heterocycles. The summed E-state index contributed by atoms with van der Waals surface area (Å²) in [6.45, 7) is 5.30. The molecule has 1 atom stereocenters. The molecule has 0 unspecified atom stereocenters. The van der Waals surface area contributed by atoms with Crippen molar-refractivity contribution in [3.05, 3.63) is 42.2 Å². The van der Waals surface area contributed by atoms with Crippen LogP contribution in [0.4, 0.5) is 5.95 Å². The third-order valence-corrected chi connectivity index (χ3v) is 6.47. The summed E-state index contributed by atoms with van der Waals surface area (Å²) in [5.74, 6) is 1.11. The minimum Gasteiger partial charge on any atom is -0.486 e. The molecule has 27 heavy (non-hydrogen) atoms. The Kier molecular flexibility index (Phi) is 4.55. The third kappa shape index (κ3) is 3.77. The van der Waals surface area contributed by atoms with Crippen LogP contribution < -0.4 is 14.4 Å². The second-order valence-corrected chi connectivity index (χ2v) is 9.42. The summed E-state index contributed by atoms with van der Waals surface area (Å²) in [7, 11) is -3.68. The number of anilines is 1. The Balaban J connectivity index is 1.54. The van der Waals surface area contributed by atoms with Gasteiger partial charge in [-0.15, -0.1) is 0 Å². The highest BCUT2D eigenvalue weighted by atomic mass is 32.2. The molecule has 1 aromatic carbocycles. The Labute approximate surface area is 159 Å². The first kappa shape index (κ1) is 18.2. The molecule has 3 heterocycles. The van der Waals surface area contributed by atoms with Crippen molar-refractivity contribution in [3.8, 4) is 5.75 Å². The Bertz CT molecular complexity index is 931. The lowest BCUT2D eigenvalue weighted by Crippen LogP contribution is -2.48. The standard InChI is InChI=1S/C19H24N4O3S/c1-19(2)12-14-6-3-8-16(17(14)26-19)27(24,25)22-15-7-4-11-23(13-15)18-20-9-5-10-21-18/h3,5-6,8-10,15,22H,4,7,11-13H2,1-2H3/t15-/m1/s1. The van der Waals surface area contributed by atoms with E-state index >= 15 is 0 Å². The second-order valence-electron chi connectivity index (χ2n) is 7.74. The van der Waals surface area contributed by atoms with Gasteiger partial charge in [-0.05, 0) is 44.4 Å². The number of aromatic nitrogens is 2. The van der Waals surface area contributed by atoms with Gasteiger partial charge in [-0.1, -0.05) is 12.1 Å². The number of piperidine rings is 1. The van der Waals surface area contributed by atoms with Gasteiger partial charge in [-0.2, -0.15) is 0 Å². The molecule has 0 amide bonds. The molecule has 1 aromatic heterocycles. The molecule has 4 rings (SSSR count). The van der Waals surface area contributed by atoms with Gasteiger partial charge in [0.05, 0.1) is 0 Å². The lowest BCUT2D eigenvalue weighted by Gasteiger charge is -2.33. The van der Waals surface area contributed by atoms with Gasteiger partial charge >= 0.3 is 0 Å². The average Bonchev–Trinajstić information content (AvgIpc) is 2.96. The number of nitrogens with zero attached hydrogens (tertiary/aromatic N) is 3. The lowest BCUT2D eigenvalue weighted by atomic mass is 10.0. The van der Waals surface area contributed by atoms with Gasteiger partial charge < -0.3 is 9.64 Å². The molecule has 0 saturated carbocycles. The SMILES string of the molecule is CC1(C)Cc2cccc(S(=O)(=O)N[C@@H]3CCCN(c4ncccn4)C3)c2O1. The van der Waals surface area contributed by atoms with Crippen LogP contribution in [0.3, 0.4) is 0 Å². The molecular weight excluding hydrogens is 364 g/mol. The predicted molar refractivity (Wildman–Crippen MR) is 102 cm³/mol. The number of sulfonamides is 1. The summed E-state index contributed by atoms with van der Waals surface area (Å²) in [5, 5.41) is 0. The fraction of sp³-hybridized carbons (Fsp3) is 0.474. The first-order chi connectivity index (χ1) is 12.8. The van der Waals surface area contributed by atoms with E-state index in [1.165, 1.54) is 0 Å². The smallest absolute Gasteiger partial charge is 0.244 e. The quantitative estimate of drug-likeness (QED) is 0.864. The van der Waals surface area contributed by atoms with Crippen LogP contribution in [0, 0.1) is 0 Å². The van der Waals surface area contributed by atoms with Crippen LogP contribution in [0.2, 0.25) is 0 Å². The van der Waals surface area contributed by atoms with Crippen LogP contribution in [0.1, 0.15) is 32.3 Å². The van der Waals surface area contributed by atoms with E-state index in [-0.39, 0.29) is 16.5 Å². The zero-order chi connectivity index (χ0) is 19.1. The summed E-state index contributed by atoms with van der Waals surface area (Å²) in [6.07, 6.45) is 5.75. The van der Waals surface area contributed by atoms with Crippen molar-refractivity contribution in [2.45, 2.75) is 49.6 Å². The zero-order valence-corrected chi connectivity index (χ0v) is 16.4. The molecule has 2 aromatic rings. The molecule has 1 saturated heterocycles. The molecule has 0 radical (unpaired) electrons. The topological polar surface area (TPSA) is 84.4 Å². The molecule has 1 fully saturated rings. The van der Waals surface area contributed by atoms with Crippen molar-refractivity contribution >= 4 is 16.0 Å². The van der Waals surface area contributed by atoms with Crippen LogP contribution >= 0.6 is 0 Å². The minimum absolute atomic E-state index is 0.196. The summed E-state index contributed by atoms with van der Waals surface area (Å²) in [6, 6.07) is 6.90. The van der Waals surface area contributed by atoms with Crippen LogP contribution in [0.25, 0.3) is 0 Å². The molecule has 1 N–H and O–H groups in total. The van der Waals surface area contributed by atoms with E-state index in [2.05, 4.69) is 14.7 Å². The van der Waals surface area contributed by atoms with Gasteiger partial charge in [0, 0.05) is 37.9 Å². The number of para-hydroxylation sites is 1. The van der Waals surface area contributed by atoms with Crippen molar-refractivity contribution in [2.75, 3.05) is 18.0 Å². The van der Waals surface area contributed by atoms with Crippen molar-refractivity contribution < 1.29 is 13.2 Å². The number of rotatable bonds is 4. The molecule has 7 nitrogen and oxygen atoms in total. The van der Waals surface area contributed by atoms with Gasteiger partial charge in [-0.3, -0.25) is 0 Å². The largest absolute Gasteiger partial charge is 0.486 e. The van der Waals surface area contributed by atoms with Crippen molar-refractivity contribution in [1.82, 2.24) is 14.7 Å². The zero-order valence-electron chi connectivity index (χ0n) is 15.6. The maximum Gasteiger partial charge on any atom is 0.244 e. The normalized spacial score (nSPS) is 21.6.